The Hall–Kier alpha value is -0.650. The van der Waals surface area contributed by atoms with Crippen molar-refractivity contribution < 1.29 is 0 Å². The molecule has 2 aliphatic rings. The van der Waals surface area contributed by atoms with Gasteiger partial charge in [0.1, 0.15) is 9.98 Å². The fourth-order valence-electron chi connectivity index (χ4n) is 2.01. The van der Waals surface area contributed by atoms with Gasteiger partial charge in [0.25, 0.3) is 0 Å². The molecule has 0 aliphatic carbocycles. The number of para-hydroxylation sites is 1. The molecule has 5 heteroatoms. The minimum Gasteiger partial charge on any atom is -0.348 e. The number of thiocarbonyl (C=S) groups is 2. The van der Waals surface area contributed by atoms with Crippen LogP contribution in [0.25, 0.3) is 0 Å². The van der Waals surface area contributed by atoms with Crippen molar-refractivity contribution >= 4 is 51.9 Å². The fraction of sp³-hybridized carbons (Fsp3) is 0.273. The Morgan fingerprint density at radius 1 is 1.31 bits per heavy atom. The second kappa shape index (κ2) is 3.98. The van der Waals surface area contributed by atoms with Crippen molar-refractivity contribution in [2.75, 3.05) is 16.9 Å². The number of nitrogens with zero attached hydrogens (tertiary/aromatic N) is 1. The molecule has 1 atom stereocenters. The predicted molar refractivity (Wildman–Crippen MR) is 77.3 cm³/mol. The van der Waals surface area contributed by atoms with E-state index in [9.17, 15) is 0 Å². The number of benzene rings is 1. The molecule has 0 spiro atoms. The van der Waals surface area contributed by atoms with Crippen LogP contribution in [0.5, 0.6) is 0 Å². The number of thioether (sulfide) groups is 1. The van der Waals surface area contributed by atoms with Crippen LogP contribution in [0.2, 0.25) is 0 Å². The molecule has 2 aliphatic heterocycles. The summed E-state index contributed by atoms with van der Waals surface area (Å²) in [5, 5.41) is 3.31. The number of nitrogens with one attached hydrogen (secondary N) is 1. The molecule has 2 heterocycles. The minimum absolute atomic E-state index is 0.264. The van der Waals surface area contributed by atoms with Gasteiger partial charge in [0, 0.05) is 17.0 Å². The maximum atomic E-state index is 5.55. The van der Waals surface area contributed by atoms with Gasteiger partial charge in [-0.3, -0.25) is 0 Å². The molecule has 0 unspecified atom stereocenters. The number of anilines is 1. The summed E-state index contributed by atoms with van der Waals surface area (Å²) in [6.07, 6.45) is 0. The average molecular weight is 266 g/mol. The van der Waals surface area contributed by atoms with Crippen molar-refractivity contribution in [3.8, 4) is 0 Å². The molecule has 1 saturated heterocycles. The lowest BCUT2D eigenvalue weighted by atomic mass is 10.2. The molecule has 3 rings (SSSR count). The molecular formula is C11H10N2S3. The Morgan fingerprint density at radius 2 is 2.12 bits per heavy atom. The molecular weight excluding hydrogens is 256 g/mol. The van der Waals surface area contributed by atoms with Crippen molar-refractivity contribution in [3.63, 3.8) is 0 Å². The van der Waals surface area contributed by atoms with Crippen LogP contribution in [0.3, 0.4) is 0 Å². The minimum atomic E-state index is 0.264. The lowest BCUT2D eigenvalue weighted by Crippen LogP contribution is -2.40. The van der Waals surface area contributed by atoms with Gasteiger partial charge in [0.2, 0.25) is 0 Å². The highest BCUT2D eigenvalue weighted by Gasteiger charge is 2.34. The molecule has 16 heavy (non-hydrogen) atoms. The summed E-state index contributed by atoms with van der Waals surface area (Å²) in [5.41, 5.74) is 2.13. The third kappa shape index (κ3) is 1.54. The third-order valence-electron chi connectivity index (χ3n) is 2.86. The first kappa shape index (κ1) is 10.5. The summed E-state index contributed by atoms with van der Waals surface area (Å²) in [6, 6.07) is 8.36. The van der Waals surface area contributed by atoms with Crippen LogP contribution in [-0.2, 0) is 0 Å². The summed E-state index contributed by atoms with van der Waals surface area (Å²) >= 11 is 12.9. The topological polar surface area (TPSA) is 15.3 Å². The van der Waals surface area contributed by atoms with Gasteiger partial charge in [0.15, 0.2) is 0 Å². The van der Waals surface area contributed by atoms with Crippen molar-refractivity contribution in [2.24, 2.45) is 0 Å². The van der Waals surface area contributed by atoms with Gasteiger partial charge in [0.05, 0.1) is 11.9 Å². The number of hydrogen-bond donors (Lipinski definition) is 1. The van der Waals surface area contributed by atoms with Crippen LogP contribution in [0.4, 0.5) is 5.69 Å². The van der Waals surface area contributed by atoms with Crippen molar-refractivity contribution in [1.29, 1.82) is 0 Å². The number of fused-ring (bicyclic) bond motifs is 2. The summed E-state index contributed by atoms with van der Waals surface area (Å²) < 4.78 is 0. The summed E-state index contributed by atoms with van der Waals surface area (Å²) in [5.74, 6) is 1.97. The Labute approximate surface area is 109 Å². The number of hydrogen-bond acceptors (Lipinski definition) is 3. The normalized spacial score (nSPS) is 23.5. The molecule has 2 nitrogen and oxygen atoms in total. The summed E-state index contributed by atoms with van der Waals surface area (Å²) in [7, 11) is 0. The average Bonchev–Trinajstić information content (AvgIpc) is 2.74. The van der Waals surface area contributed by atoms with Gasteiger partial charge in [-0.25, -0.2) is 0 Å². The zero-order chi connectivity index (χ0) is 11.1. The Morgan fingerprint density at radius 3 is 3.00 bits per heavy atom. The van der Waals surface area contributed by atoms with Gasteiger partial charge in [-0.15, -0.1) is 11.8 Å². The Kier molecular flexibility index (Phi) is 2.61. The zero-order valence-corrected chi connectivity index (χ0v) is 10.9. The smallest absolute Gasteiger partial charge is 0.112 e. The first-order valence-electron chi connectivity index (χ1n) is 5.06. The molecule has 0 amide bonds. The molecule has 0 radical (unpaired) electrons. The van der Waals surface area contributed by atoms with Gasteiger partial charge in [-0.2, -0.15) is 0 Å². The van der Waals surface area contributed by atoms with Crippen LogP contribution in [-0.4, -0.2) is 32.5 Å². The molecule has 1 fully saturated rings. The first-order valence-corrected chi connectivity index (χ1v) is 7.03. The molecule has 1 N–H and O–H groups in total. The van der Waals surface area contributed by atoms with E-state index in [2.05, 4.69) is 16.3 Å². The highest BCUT2D eigenvalue weighted by molar-refractivity contribution is 7.99. The van der Waals surface area contributed by atoms with Gasteiger partial charge < -0.3 is 10.2 Å². The molecule has 0 aromatic heterocycles. The van der Waals surface area contributed by atoms with E-state index in [1.54, 1.807) is 0 Å². The summed E-state index contributed by atoms with van der Waals surface area (Å²) in [6.45, 7) is 0. The second-order valence-corrected chi connectivity index (χ2v) is 5.65. The maximum absolute atomic E-state index is 5.55. The molecule has 82 valence electrons. The van der Waals surface area contributed by atoms with E-state index in [4.69, 9.17) is 24.4 Å². The SMILES string of the molecule is S=C1Nc2ccccc2C(=S)N2CSC[C@@H]12. The van der Waals surface area contributed by atoms with Crippen molar-refractivity contribution in [1.82, 2.24) is 4.90 Å². The lowest BCUT2D eigenvalue weighted by Gasteiger charge is -2.23. The van der Waals surface area contributed by atoms with E-state index in [0.717, 1.165) is 32.9 Å². The highest BCUT2D eigenvalue weighted by Crippen LogP contribution is 2.30. The van der Waals surface area contributed by atoms with Crippen LogP contribution in [0.15, 0.2) is 24.3 Å². The van der Waals surface area contributed by atoms with E-state index < -0.39 is 0 Å². The Bertz CT molecular complexity index is 472. The maximum Gasteiger partial charge on any atom is 0.112 e. The second-order valence-electron chi connectivity index (χ2n) is 3.83. The predicted octanol–water partition coefficient (Wildman–Crippen LogP) is 2.49. The van der Waals surface area contributed by atoms with E-state index in [0.29, 0.717) is 0 Å². The first-order chi connectivity index (χ1) is 7.77. The van der Waals surface area contributed by atoms with E-state index in [1.807, 2.05) is 30.0 Å². The molecule has 1 aromatic rings. The van der Waals surface area contributed by atoms with E-state index >= 15 is 0 Å². The van der Waals surface area contributed by atoms with Gasteiger partial charge >= 0.3 is 0 Å². The fourth-order valence-corrected chi connectivity index (χ4v) is 4.07. The molecule has 0 saturated carbocycles. The van der Waals surface area contributed by atoms with Crippen LogP contribution < -0.4 is 5.32 Å². The third-order valence-corrected chi connectivity index (χ3v) is 4.70. The monoisotopic (exact) mass is 266 g/mol. The van der Waals surface area contributed by atoms with Crippen LogP contribution >= 0.6 is 36.2 Å². The van der Waals surface area contributed by atoms with Crippen LogP contribution in [0.1, 0.15) is 5.56 Å². The number of rotatable bonds is 0. The van der Waals surface area contributed by atoms with Crippen molar-refractivity contribution in [2.45, 2.75) is 6.04 Å². The van der Waals surface area contributed by atoms with Crippen LogP contribution in [0, 0.1) is 0 Å². The van der Waals surface area contributed by atoms with E-state index in [1.165, 1.54) is 0 Å². The quantitative estimate of drug-likeness (QED) is 0.724. The molecule has 0 bridgehead atoms. The zero-order valence-electron chi connectivity index (χ0n) is 8.47. The lowest BCUT2D eigenvalue weighted by molar-refractivity contribution is 0.499. The highest BCUT2D eigenvalue weighted by atomic mass is 32.2. The largest absolute Gasteiger partial charge is 0.348 e. The summed E-state index contributed by atoms with van der Waals surface area (Å²) in [4.78, 5) is 4.02. The molecule has 1 aromatic carbocycles. The van der Waals surface area contributed by atoms with Crippen molar-refractivity contribution in [3.05, 3.63) is 29.8 Å². The van der Waals surface area contributed by atoms with Gasteiger partial charge in [-0.1, -0.05) is 36.6 Å². The Balaban J connectivity index is 2.11. The van der Waals surface area contributed by atoms with Gasteiger partial charge in [-0.05, 0) is 12.1 Å². The standard InChI is InChI=1S/C11H10N2S3/c14-10-9-5-16-6-13(9)11(15)7-3-1-2-4-8(7)12-10/h1-4,9H,5-6H2,(H,12,14)/t9-/m0/s1. The van der Waals surface area contributed by atoms with E-state index in [-0.39, 0.29) is 6.04 Å².